The fraction of sp³-hybridized carbons (Fsp3) is 0.624. The number of halogens is 2. The molecule has 0 saturated heterocycles. The van der Waals surface area contributed by atoms with Crippen molar-refractivity contribution in [3.8, 4) is 44.5 Å². The molecular weight excluding hydrogens is 1690 g/mol. The highest BCUT2D eigenvalue weighted by atomic mass is 79.9. The van der Waals surface area contributed by atoms with Crippen molar-refractivity contribution in [1.29, 1.82) is 0 Å². The Morgan fingerprint density at radius 1 is 0.236 bits per heavy atom. The Bertz CT molecular complexity index is 4530. The van der Waals surface area contributed by atoms with Crippen molar-refractivity contribution in [1.82, 2.24) is 0 Å². The molecule has 0 saturated carbocycles. The number of unbranched alkanes of at least 4 members (excludes halogenated alkanes) is 8. The molecule has 4 aliphatic rings. The van der Waals surface area contributed by atoms with Crippen molar-refractivity contribution in [2.75, 3.05) is 11.7 Å². The molecule has 6 aromatic carbocycles. The van der Waals surface area contributed by atoms with Crippen LogP contribution in [0.3, 0.4) is 0 Å². The monoisotopic (exact) mass is 1860 g/mol. The molecule has 0 radical (unpaired) electrons. The number of aryl methyl sites for hydroxylation is 2. The Kier molecular flexibility index (Phi) is 39.3. The predicted molar refractivity (Wildman–Crippen MR) is 569 cm³/mol. The van der Waals surface area contributed by atoms with Gasteiger partial charge < -0.3 is 0 Å². The molecule has 0 bridgehead atoms. The Labute approximate surface area is 786 Å². The van der Waals surface area contributed by atoms with Gasteiger partial charge in [-0.1, -0.05) is 356 Å². The van der Waals surface area contributed by atoms with Crippen molar-refractivity contribution < 1.29 is 0 Å². The third-order valence-electron chi connectivity index (χ3n) is 31.8. The third kappa shape index (κ3) is 21.5. The van der Waals surface area contributed by atoms with Crippen LogP contribution in [0, 0.1) is 61.2 Å². The average Bonchev–Trinajstić information content (AvgIpc) is 1.53. The molecule has 0 N–H and O–H groups in total. The molecule has 0 amide bonds. The van der Waals surface area contributed by atoms with E-state index in [2.05, 4.69) is 264 Å². The van der Waals surface area contributed by atoms with Gasteiger partial charge >= 0.3 is 0 Å². The molecular formula is C117H170Br2S4. The minimum atomic E-state index is 0. The summed E-state index contributed by atoms with van der Waals surface area (Å²) < 4.78 is 5.88. The second-order valence-corrected chi connectivity index (χ2v) is 43.9. The average molecular weight is 1860 g/mol. The second kappa shape index (κ2) is 47.8. The van der Waals surface area contributed by atoms with E-state index in [1.54, 1.807) is 89.0 Å². The molecule has 0 fully saturated rings. The van der Waals surface area contributed by atoms with Crippen LogP contribution >= 0.6 is 77.2 Å². The lowest BCUT2D eigenvalue weighted by Gasteiger charge is -2.40. The van der Waals surface area contributed by atoms with Gasteiger partial charge in [-0.2, -0.15) is 0 Å². The molecule has 8 unspecified atom stereocenters. The molecule has 10 aromatic rings. The molecule has 6 heteroatoms. The Morgan fingerprint density at radius 3 is 0.610 bits per heavy atom. The van der Waals surface area contributed by atoms with E-state index < -0.39 is 0 Å². The van der Waals surface area contributed by atoms with Crippen molar-refractivity contribution in [2.24, 2.45) is 47.3 Å². The molecule has 0 nitrogen and oxygen atoms in total. The zero-order valence-electron chi connectivity index (χ0n) is 80.7. The summed E-state index contributed by atoms with van der Waals surface area (Å²) in [6, 6.07) is 42.9. The van der Waals surface area contributed by atoms with Gasteiger partial charge in [0.2, 0.25) is 0 Å². The summed E-state index contributed by atoms with van der Waals surface area (Å²) in [5.41, 5.74) is 26.3. The van der Waals surface area contributed by atoms with Gasteiger partial charge in [0.15, 0.2) is 0 Å². The molecule has 8 atom stereocenters. The zero-order valence-corrected chi connectivity index (χ0v) is 87.1. The first-order chi connectivity index (χ1) is 59.4. The number of fused-ring (bicyclic) bond motifs is 16. The van der Waals surface area contributed by atoms with Crippen molar-refractivity contribution in [3.05, 3.63) is 162 Å². The van der Waals surface area contributed by atoms with Crippen LogP contribution in [0.15, 0.2) is 108 Å². The molecule has 0 aliphatic heterocycles. The lowest BCUT2D eigenvalue weighted by atomic mass is 9.63. The summed E-state index contributed by atoms with van der Waals surface area (Å²) >= 11 is 13.8. The number of hydrogen-bond acceptors (Lipinski definition) is 4. The maximum Gasteiger partial charge on any atom is 0.0351 e. The van der Waals surface area contributed by atoms with E-state index in [0.717, 1.165) is 47.3 Å². The highest BCUT2D eigenvalue weighted by Gasteiger charge is 2.54. The highest BCUT2D eigenvalue weighted by Crippen LogP contribution is 2.67. The van der Waals surface area contributed by atoms with E-state index in [1.165, 1.54) is 307 Å². The summed E-state index contributed by atoms with van der Waals surface area (Å²) in [7, 11) is 0. The summed E-state index contributed by atoms with van der Waals surface area (Å²) in [5.74, 6) is 9.48. The second-order valence-electron chi connectivity index (χ2n) is 39.5. The van der Waals surface area contributed by atoms with Crippen molar-refractivity contribution in [3.63, 3.8) is 0 Å². The fourth-order valence-corrected chi connectivity index (χ4v) is 28.3. The predicted octanol–water partition coefficient (Wildman–Crippen LogP) is 41.4. The molecule has 123 heavy (non-hydrogen) atoms. The van der Waals surface area contributed by atoms with E-state index in [1.807, 2.05) is 57.0 Å². The SMILES string of the molecule is C.CBr.CBr.CCCCC(CC)CC1(CC(CC)CCCC)c2cc3c(cc2-c2cc4sc(C)cc4cc21)C(CC(CC)CCCC)(CC(CC)CCCC)c1cc2cc(C)sc2cc1-3.CCCCC(CC)CC1(CC(CC)CCCC)c2cc3c(cc2-c2cc4sccc4cc21)C(CC(CC)CCCC)(CC(CC)CCCC)c1cc2ccsc2cc1-3. The van der Waals surface area contributed by atoms with Crippen LogP contribution in [-0.4, -0.2) is 11.7 Å². The molecule has 0 spiro atoms. The van der Waals surface area contributed by atoms with Crippen LogP contribution in [0.4, 0.5) is 0 Å². The van der Waals surface area contributed by atoms with Crippen molar-refractivity contribution in [2.45, 2.75) is 411 Å². The number of hydrogen-bond donors (Lipinski definition) is 0. The largest absolute Gasteiger partial charge is 0.144 e. The van der Waals surface area contributed by atoms with Gasteiger partial charge in [0.05, 0.1) is 0 Å². The van der Waals surface area contributed by atoms with Gasteiger partial charge in [-0.15, -0.1) is 45.3 Å². The number of alkyl halides is 2. The first-order valence-electron chi connectivity index (χ1n) is 50.7. The van der Waals surface area contributed by atoms with E-state index in [0.29, 0.717) is 0 Å². The standard InChI is InChI=1S/C58H82S2.C56H78S2.2CH3Br.CH4/c1-11-19-23-41(15-5)35-57(36-42(16-6)24-20-12-2)51-29-45-27-39(9)59-55(45)33-49(51)47-32-54-48(31-53(47)57)50-34-56-46(28-40(10)60-56)30-52(50)58(54,37-43(17-7)25-21-13-3)38-44(18-8)26-22-14-4;1-9-17-21-39(13-5)35-55(36-40(14-6)22-18-10-2)49-29-43-25-27-57-53(43)33-47(49)45-32-52-46(31-51(45)55)48-34-54-44(26-28-58-54)30-50(48)56(52,37-41(15-7)23-19-11-3)38-42(16-8)24-20-12-4;2*1-2;/h27-34,41-44H,11-26,35-38H2,1-10H3;25-34,39-42H,9-24,35-38H2,1-8H3;2*1H3;1H4. The maximum atomic E-state index is 2.94. The Hall–Kier alpha value is -3.88. The van der Waals surface area contributed by atoms with Gasteiger partial charge in [-0.05, 0) is 343 Å². The maximum absolute atomic E-state index is 2.94. The Morgan fingerprint density at radius 2 is 0.415 bits per heavy atom. The van der Waals surface area contributed by atoms with Gasteiger partial charge in [-0.3, -0.25) is 0 Å². The molecule has 4 aromatic heterocycles. The first-order valence-corrected chi connectivity index (χ1v) is 57.3. The number of benzene rings is 6. The van der Waals surface area contributed by atoms with Crippen LogP contribution in [-0.2, 0) is 21.7 Å². The molecule has 14 rings (SSSR count). The topological polar surface area (TPSA) is 0 Å². The third-order valence-corrected chi connectivity index (χ3v) is 35.6. The van der Waals surface area contributed by atoms with Crippen LogP contribution < -0.4 is 0 Å². The minimum absolute atomic E-state index is 0. The summed E-state index contributed by atoms with van der Waals surface area (Å²) in [4.78, 5) is 2.88. The van der Waals surface area contributed by atoms with Crippen LogP contribution in [0.25, 0.3) is 84.9 Å². The summed E-state index contributed by atoms with van der Waals surface area (Å²) in [6.45, 7) is 43.7. The normalized spacial score (nSPS) is 19.4. The van der Waals surface area contributed by atoms with E-state index in [-0.39, 0.29) is 29.1 Å². The lowest BCUT2D eigenvalue weighted by molar-refractivity contribution is 0.264. The number of rotatable bonds is 48. The van der Waals surface area contributed by atoms with Gasteiger partial charge in [-0.25, -0.2) is 0 Å². The minimum Gasteiger partial charge on any atom is -0.144 e. The first kappa shape index (κ1) is 101. The fourth-order valence-electron chi connectivity index (χ4n) is 24.8. The van der Waals surface area contributed by atoms with Gasteiger partial charge in [0.25, 0.3) is 0 Å². The summed E-state index contributed by atoms with van der Waals surface area (Å²) in [6.07, 6.45) is 52.3. The van der Waals surface area contributed by atoms with Gasteiger partial charge in [0, 0.05) is 50.2 Å². The lowest BCUT2D eigenvalue weighted by Crippen LogP contribution is -2.32. The van der Waals surface area contributed by atoms with Gasteiger partial charge in [0.1, 0.15) is 0 Å². The van der Waals surface area contributed by atoms with E-state index in [4.69, 9.17) is 0 Å². The quantitative estimate of drug-likeness (QED) is 0.0334. The van der Waals surface area contributed by atoms with E-state index in [9.17, 15) is 0 Å². The number of thiophene rings is 4. The molecule has 4 aliphatic carbocycles. The summed E-state index contributed by atoms with van der Waals surface area (Å²) in [5, 5.41) is 10.5. The zero-order chi connectivity index (χ0) is 87.5. The smallest absolute Gasteiger partial charge is 0.0351 e. The van der Waals surface area contributed by atoms with Crippen LogP contribution in [0.5, 0.6) is 0 Å². The Balaban J connectivity index is 0.000000246. The van der Waals surface area contributed by atoms with E-state index >= 15 is 0 Å². The van der Waals surface area contributed by atoms with Crippen LogP contribution in [0.2, 0.25) is 0 Å². The molecule has 676 valence electrons. The van der Waals surface area contributed by atoms with Crippen molar-refractivity contribution >= 4 is 118 Å². The highest BCUT2D eigenvalue weighted by molar-refractivity contribution is 9.09. The van der Waals surface area contributed by atoms with Crippen LogP contribution in [0.1, 0.15) is 429 Å². The molecule has 4 heterocycles.